The van der Waals surface area contributed by atoms with Gasteiger partial charge in [0, 0.05) is 24.9 Å². The van der Waals surface area contributed by atoms with Crippen molar-refractivity contribution in [2.75, 3.05) is 52.8 Å². The highest BCUT2D eigenvalue weighted by molar-refractivity contribution is 6.06. The van der Waals surface area contributed by atoms with Gasteiger partial charge >= 0.3 is 5.97 Å². The Morgan fingerprint density at radius 2 is 1.77 bits per heavy atom. The number of cyclic esters (lactones) is 1. The predicted octanol–water partition coefficient (Wildman–Crippen LogP) is 2.39. The van der Waals surface area contributed by atoms with Crippen molar-refractivity contribution in [2.45, 2.75) is 12.3 Å². The molecule has 6 rings (SSSR count). The van der Waals surface area contributed by atoms with Gasteiger partial charge in [-0.1, -0.05) is 0 Å². The molecule has 4 aliphatic heterocycles. The Kier molecular flexibility index (Phi) is 4.99. The van der Waals surface area contributed by atoms with Crippen LogP contribution in [0.25, 0.3) is 0 Å². The number of esters is 1. The molecule has 10 nitrogen and oxygen atoms in total. The first-order valence-corrected chi connectivity index (χ1v) is 11.2. The van der Waals surface area contributed by atoms with Gasteiger partial charge in [-0.3, -0.25) is 9.69 Å². The Morgan fingerprint density at radius 1 is 1.03 bits per heavy atom. The van der Waals surface area contributed by atoms with Crippen molar-refractivity contribution >= 4 is 17.6 Å². The van der Waals surface area contributed by atoms with E-state index in [9.17, 15) is 9.59 Å². The van der Waals surface area contributed by atoms with Crippen LogP contribution in [0.15, 0.2) is 35.5 Å². The van der Waals surface area contributed by atoms with E-state index < -0.39 is 11.9 Å². The minimum Gasteiger partial charge on any atom is -0.493 e. The molecular weight excluding hydrogens is 456 g/mol. The standard InChI is InChI=1S/C25H24N2O8/c1-26(2)5-4-21(28)27-15-9-18-17(32-11-33-18)8-14(15)22(23-16(27)10-31-25(23)29)13-6-19(30-3)24-20(7-13)34-12-35-24/h6-9,22H,4-5,10-12H2,1-3H3. The van der Waals surface area contributed by atoms with Crippen molar-refractivity contribution < 1.29 is 38.0 Å². The van der Waals surface area contributed by atoms with Crippen molar-refractivity contribution in [3.05, 3.63) is 46.7 Å². The summed E-state index contributed by atoms with van der Waals surface area (Å²) in [5, 5.41) is 0. The fourth-order valence-electron chi connectivity index (χ4n) is 4.93. The Morgan fingerprint density at radius 3 is 2.54 bits per heavy atom. The summed E-state index contributed by atoms with van der Waals surface area (Å²) in [4.78, 5) is 30.1. The summed E-state index contributed by atoms with van der Waals surface area (Å²) < 4.78 is 33.5. The fraction of sp³-hybridized carbons (Fsp3) is 0.360. The zero-order valence-corrected chi connectivity index (χ0v) is 19.6. The highest BCUT2D eigenvalue weighted by atomic mass is 16.7. The molecule has 182 valence electrons. The normalized spacial score (nSPS) is 19.1. The number of anilines is 1. The van der Waals surface area contributed by atoms with Crippen molar-refractivity contribution in [1.29, 1.82) is 0 Å². The van der Waals surface area contributed by atoms with E-state index in [4.69, 9.17) is 28.4 Å². The molecule has 35 heavy (non-hydrogen) atoms. The largest absolute Gasteiger partial charge is 0.493 e. The van der Waals surface area contributed by atoms with Crippen molar-refractivity contribution in [1.82, 2.24) is 4.90 Å². The molecule has 0 bridgehead atoms. The SMILES string of the molecule is COc1cc(C2C3=C(COC3=O)N(C(=O)CCN(C)C)c3cc4c(cc32)OCO4)cc2c1OCO2. The molecular formula is C25H24N2O8. The van der Waals surface area contributed by atoms with Crippen LogP contribution in [0.1, 0.15) is 23.5 Å². The van der Waals surface area contributed by atoms with Crippen LogP contribution in [0.2, 0.25) is 0 Å². The lowest BCUT2D eigenvalue weighted by molar-refractivity contribution is -0.136. The van der Waals surface area contributed by atoms with E-state index in [2.05, 4.69) is 0 Å². The average molecular weight is 480 g/mol. The van der Waals surface area contributed by atoms with Gasteiger partial charge in [0.25, 0.3) is 0 Å². The molecule has 0 aliphatic carbocycles. The topological polar surface area (TPSA) is 96.0 Å². The Balaban J connectivity index is 1.56. The number of fused-ring (bicyclic) bond motifs is 3. The zero-order chi connectivity index (χ0) is 24.3. The van der Waals surface area contributed by atoms with Crippen molar-refractivity contribution in [2.24, 2.45) is 0 Å². The van der Waals surface area contributed by atoms with E-state index in [0.29, 0.717) is 52.2 Å². The van der Waals surface area contributed by atoms with Gasteiger partial charge in [-0.15, -0.1) is 0 Å². The summed E-state index contributed by atoms with van der Waals surface area (Å²) >= 11 is 0. The third-order valence-corrected chi connectivity index (χ3v) is 6.54. The molecule has 0 aromatic heterocycles. The molecule has 0 saturated heterocycles. The molecule has 0 saturated carbocycles. The minimum atomic E-state index is -0.536. The molecule has 0 radical (unpaired) electrons. The lowest BCUT2D eigenvalue weighted by Crippen LogP contribution is -2.37. The lowest BCUT2D eigenvalue weighted by Gasteiger charge is -2.35. The van der Waals surface area contributed by atoms with E-state index in [1.165, 1.54) is 0 Å². The summed E-state index contributed by atoms with van der Waals surface area (Å²) in [5.41, 5.74) is 3.06. The molecule has 2 aromatic carbocycles. The molecule has 2 aromatic rings. The summed E-state index contributed by atoms with van der Waals surface area (Å²) in [6.07, 6.45) is 0.272. The number of nitrogens with zero attached hydrogens (tertiary/aromatic N) is 2. The molecule has 0 N–H and O–H groups in total. The third-order valence-electron chi connectivity index (χ3n) is 6.54. The smallest absolute Gasteiger partial charge is 0.337 e. The highest BCUT2D eigenvalue weighted by Crippen LogP contribution is 2.53. The molecule has 4 heterocycles. The summed E-state index contributed by atoms with van der Waals surface area (Å²) in [6, 6.07) is 7.30. The van der Waals surface area contributed by atoms with E-state index in [0.717, 1.165) is 11.1 Å². The van der Waals surface area contributed by atoms with Crippen LogP contribution >= 0.6 is 0 Å². The van der Waals surface area contributed by atoms with Crippen molar-refractivity contribution in [3.63, 3.8) is 0 Å². The van der Waals surface area contributed by atoms with Gasteiger partial charge in [0.15, 0.2) is 23.0 Å². The number of amides is 1. The monoisotopic (exact) mass is 480 g/mol. The maximum atomic E-state index is 13.5. The van der Waals surface area contributed by atoms with E-state index in [1.54, 1.807) is 18.1 Å². The van der Waals surface area contributed by atoms with Crippen LogP contribution in [0, 0.1) is 0 Å². The second kappa shape index (κ2) is 8.09. The van der Waals surface area contributed by atoms with Crippen LogP contribution in [0.4, 0.5) is 5.69 Å². The summed E-state index contributed by atoms with van der Waals surface area (Å²) in [5.74, 6) is 1.51. The highest BCUT2D eigenvalue weighted by Gasteiger charge is 2.45. The molecule has 10 heteroatoms. The van der Waals surface area contributed by atoms with E-state index in [-0.39, 0.29) is 32.5 Å². The number of carbonyl (C=O) groups excluding carboxylic acids is 2. The predicted molar refractivity (Wildman–Crippen MR) is 122 cm³/mol. The lowest BCUT2D eigenvalue weighted by atomic mass is 9.80. The number of hydrogen-bond donors (Lipinski definition) is 0. The van der Waals surface area contributed by atoms with Crippen molar-refractivity contribution in [3.8, 4) is 28.7 Å². The van der Waals surface area contributed by atoms with Crippen LogP contribution < -0.4 is 28.6 Å². The maximum Gasteiger partial charge on any atom is 0.337 e. The van der Waals surface area contributed by atoms with Gasteiger partial charge in [0.1, 0.15) is 6.61 Å². The zero-order valence-electron chi connectivity index (χ0n) is 19.6. The fourth-order valence-corrected chi connectivity index (χ4v) is 4.93. The first-order valence-electron chi connectivity index (χ1n) is 11.2. The van der Waals surface area contributed by atoms with Gasteiger partial charge in [-0.05, 0) is 43.4 Å². The number of carbonyl (C=O) groups is 2. The molecule has 1 unspecified atom stereocenters. The van der Waals surface area contributed by atoms with Gasteiger partial charge in [0.2, 0.25) is 25.2 Å². The number of hydrogen-bond acceptors (Lipinski definition) is 9. The molecule has 1 atom stereocenters. The minimum absolute atomic E-state index is 0.00788. The Hall–Kier alpha value is -3.92. The summed E-state index contributed by atoms with van der Waals surface area (Å²) in [6.45, 7) is 0.743. The second-order valence-electron chi connectivity index (χ2n) is 8.87. The van der Waals surface area contributed by atoms with Gasteiger partial charge in [-0.2, -0.15) is 0 Å². The number of rotatable bonds is 5. The average Bonchev–Trinajstić information content (AvgIpc) is 3.59. The third kappa shape index (κ3) is 3.35. The first-order chi connectivity index (χ1) is 17.0. The van der Waals surface area contributed by atoms with E-state index in [1.807, 2.05) is 37.2 Å². The first kappa shape index (κ1) is 21.6. The van der Waals surface area contributed by atoms with Gasteiger partial charge < -0.3 is 33.3 Å². The van der Waals surface area contributed by atoms with Crippen LogP contribution in [0.5, 0.6) is 28.7 Å². The molecule has 4 aliphatic rings. The second-order valence-corrected chi connectivity index (χ2v) is 8.87. The molecule has 1 amide bonds. The number of ether oxygens (including phenoxy) is 6. The van der Waals surface area contributed by atoms with Crippen LogP contribution in [0.3, 0.4) is 0 Å². The van der Waals surface area contributed by atoms with Gasteiger partial charge in [0.05, 0.1) is 24.1 Å². The summed E-state index contributed by atoms with van der Waals surface area (Å²) in [7, 11) is 5.37. The maximum absolute atomic E-state index is 13.5. The number of benzene rings is 2. The Labute approximate surface area is 201 Å². The Bertz CT molecular complexity index is 1280. The molecule has 0 fully saturated rings. The molecule has 0 spiro atoms. The van der Waals surface area contributed by atoms with Gasteiger partial charge in [-0.25, -0.2) is 4.79 Å². The van der Waals surface area contributed by atoms with Crippen LogP contribution in [-0.2, 0) is 14.3 Å². The van der Waals surface area contributed by atoms with E-state index >= 15 is 0 Å². The quantitative estimate of drug-likeness (QED) is 0.598. The number of methoxy groups -OCH3 is 1. The van der Waals surface area contributed by atoms with Crippen LogP contribution in [-0.4, -0.2) is 64.7 Å².